The van der Waals surface area contributed by atoms with Crippen molar-refractivity contribution in [2.75, 3.05) is 6.61 Å². The summed E-state index contributed by atoms with van der Waals surface area (Å²) in [5.41, 5.74) is 10.4. The van der Waals surface area contributed by atoms with Crippen LogP contribution in [0.4, 0.5) is 0 Å². The molecule has 1 aromatic carbocycles. The van der Waals surface area contributed by atoms with Crippen molar-refractivity contribution in [1.29, 1.82) is 0 Å². The Morgan fingerprint density at radius 3 is 2.68 bits per heavy atom. The highest BCUT2D eigenvalue weighted by atomic mass is 16.5. The van der Waals surface area contributed by atoms with Crippen LogP contribution in [0, 0.1) is 13.8 Å². The number of aromatic nitrogens is 1. The molecule has 0 aliphatic rings. The van der Waals surface area contributed by atoms with Gasteiger partial charge < -0.3 is 10.5 Å². The first-order valence-electron chi connectivity index (χ1n) is 6.54. The van der Waals surface area contributed by atoms with E-state index in [2.05, 4.69) is 11.1 Å². The van der Waals surface area contributed by atoms with Crippen LogP contribution >= 0.6 is 0 Å². The van der Waals surface area contributed by atoms with Crippen LogP contribution in [-0.2, 0) is 0 Å². The lowest BCUT2D eigenvalue weighted by Gasteiger charge is -2.16. The number of hydrogen-bond donors (Lipinski definition) is 1. The summed E-state index contributed by atoms with van der Waals surface area (Å²) in [4.78, 5) is 4.47. The molecule has 0 fully saturated rings. The van der Waals surface area contributed by atoms with E-state index in [0.717, 1.165) is 28.3 Å². The summed E-state index contributed by atoms with van der Waals surface area (Å²) in [7, 11) is 0. The summed E-state index contributed by atoms with van der Waals surface area (Å²) < 4.78 is 5.51. The summed E-state index contributed by atoms with van der Waals surface area (Å²) in [6.45, 7) is 6.61. The normalized spacial score (nSPS) is 12.2. The smallest absolute Gasteiger partial charge is 0.119 e. The summed E-state index contributed by atoms with van der Waals surface area (Å²) in [5.74, 6) is 0.855. The SMILES string of the molecule is CCOc1cccc(C(N)c2ccc(C)nc2C)c1. The highest BCUT2D eigenvalue weighted by Crippen LogP contribution is 2.25. The minimum absolute atomic E-state index is 0.173. The van der Waals surface area contributed by atoms with E-state index in [1.54, 1.807) is 0 Å². The zero-order chi connectivity index (χ0) is 13.8. The fourth-order valence-electron chi connectivity index (χ4n) is 2.17. The molecule has 3 heteroatoms. The summed E-state index contributed by atoms with van der Waals surface area (Å²) in [6, 6.07) is 11.8. The maximum atomic E-state index is 6.34. The molecule has 100 valence electrons. The van der Waals surface area contributed by atoms with E-state index < -0.39 is 0 Å². The third-order valence-corrected chi connectivity index (χ3v) is 3.13. The topological polar surface area (TPSA) is 48.1 Å². The first-order valence-corrected chi connectivity index (χ1v) is 6.54. The Kier molecular flexibility index (Phi) is 4.17. The number of nitrogens with two attached hydrogens (primary N) is 1. The van der Waals surface area contributed by atoms with Gasteiger partial charge in [-0.05, 0) is 50.1 Å². The van der Waals surface area contributed by atoms with Gasteiger partial charge in [-0.25, -0.2) is 0 Å². The average molecular weight is 256 g/mol. The fourth-order valence-corrected chi connectivity index (χ4v) is 2.17. The standard InChI is InChI=1S/C16H20N2O/c1-4-19-14-7-5-6-13(10-14)16(17)15-9-8-11(2)18-12(15)3/h5-10,16H,4,17H2,1-3H3. The van der Waals surface area contributed by atoms with Crippen LogP contribution in [0.25, 0.3) is 0 Å². The zero-order valence-corrected chi connectivity index (χ0v) is 11.7. The Morgan fingerprint density at radius 2 is 2.00 bits per heavy atom. The molecule has 0 spiro atoms. The fraction of sp³-hybridized carbons (Fsp3) is 0.312. The number of benzene rings is 1. The molecule has 1 heterocycles. The lowest BCUT2D eigenvalue weighted by Crippen LogP contribution is -2.14. The van der Waals surface area contributed by atoms with Gasteiger partial charge in [-0.1, -0.05) is 18.2 Å². The monoisotopic (exact) mass is 256 g/mol. The maximum Gasteiger partial charge on any atom is 0.119 e. The third-order valence-electron chi connectivity index (χ3n) is 3.13. The van der Waals surface area contributed by atoms with Crippen molar-refractivity contribution >= 4 is 0 Å². The second-order valence-electron chi connectivity index (χ2n) is 4.61. The second kappa shape index (κ2) is 5.85. The van der Waals surface area contributed by atoms with Gasteiger partial charge in [-0.3, -0.25) is 4.98 Å². The van der Waals surface area contributed by atoms with E-state index in [-0.39, 0.29) is 6.04 Å². The summed E-state index contributed by atoms with van der Waals surface area (Å²) in [5, 5.41) is 0. The minimum atomic E-state index is -0.173. The number of ether oxygens (including phenoxy) is 1. The highest BCUT2D eigenvalue weighted by molar-refractivity contribution is 5.38. The van der Waals surface area contributed by atoms with Crippen molar-refractivity contribution in [3.63, 3.8) is 0 Å². The molecule has 0 saturated carbocycles. The van der Waals surface area contributed by atoms with Gasteiger partial charge in [0.25, 0.3) is 0 Å². The maximum absolute atomic E-state index is 6.34. The molecule has 19 heavy (non-hydrogen) atoms. The Hall–Kier alpha value is -1.87. The van der Waals surface area contributed by atoms with Gasteiger partial charge >= 0.3 is 0 Å². The Morgan fingerprint density at radius 1 is 1.21 bits per heavy atom. The van der Waals surface area contributed by atoms with Gasteiger partial charge in [-0.2, -0.15) is 0 Å². The Labute approximate surface area is 114 Å². The van der Waals surface area contributed by atoms with Crippen molar-refractivity contribution in [1.82, 2.24) is 4.98 Å². The predicted molar refractivity (Wildman–Crippen MR) is 77.4 cm³/mol. The molecule has 2 N–H and O–H groups in total. The highest BCUT2D eigenvalue weighted by Gasteiger charge is 2.13. The first-order chi connectivity index (χ1) is 9.11. The summed E-state index contributed by atoms with van der Waals surface area (Å²) in [6.07, 6.45) is 0. The number of hydrogen-bond acceptors (Lipinski definition) is 3. The van der Waals surface area contributed by atoms with Gasteiger partial charge in [0.1, 0.15) is 5.75 Å². The Balaban J connectivity index is 2.32. The van der Waals surface area contributed by atoms with Gasteiger partial charge in [0.15, 0.2) is 0 Å². The van der Waals surface area contributed by atoms with Crippen molar-refractivity contribution in [2.24, 2.45) is 5.73 Å². The van der Waals surface area contributed by atoms with Crippen LogP contribution in [0.15, 0.2) is 36.4 Å². The van der Waals surface area contributed by atoms with Gasteiger partial charge in [0.05, 0.1) is 12.6 Å². The van der Waals surface area contributed by atoms with E-state index in [1.165, 1.54) is 0 Å². The second-order valence-corrected chi connectivity index (χ2v) is 4.61. The minimum Gasteiger partial charge on any atom is -0.494 e. The zero-order valence-electron chi connectivity index (χ0n) is 11.7. The lowest BCUT2D eigenvalue weighted by atomic mass is 9.98. The van der Waals surface area contributed by atoms with Crippen LogP contribution in [-0.4, -0.2) is 11.6 Å². The van der Waals surface area contributed by atoms with Crippen molar-refractivity contribution in [2.45, 2.75) is 26.8 Å². The van der Waals surface area contributed by atoms with Gasteiger partial charge in [-0.15, -0.1) is 0 Å². The molecular formula is C16H20N2O. The molecule has 2 rings (SSSR count). The van der Waals surface area contributed by atoms with Crippen LogP contribution < -0.4 is 10.5 Å². The molecule has 0 saturated heterocycles. The van der Waals surface area contributed by atoms with E-state index in [4.69, 9.17) is 10.5 Å². The van der Waals surface area contributed by atoms with E-state index in [0.29, 0.717) is 6.61 Å². The van der Waals surface area contributed by atoms with Crippen LogP contribution in [0.2, 0.25) is 0 Å². The molecule has 1 unspecified atom stereocenters. The molecule has 0 bridgehead atoms. The largest absolute Gasteiger partial charge is 0.494 e. The molecule has 2 aromatic rings. The first kappa shape index (κ1) is 13.6. The van der Waals surface area contributed by atoms with Crippen molar-refractivity contribution in [3.8, 4) is 5.75 Å². The van der Waals surface area contributed by atoms with Crippen LogP contribution in [0.5, 0.6) is 5.75 Å². The number of aryl methyl sites for hydroxylation is 2. The number of rotatable bonds is 4. The molecule has 1 atom stereocenters. The third kappa shape index (κ3) is 3.12. The number of pyridine rings is 1. The average Bonchev–Trinajstić information content (AvgIpc) is 2.39. The van der Waals surface area contributed by atoms with Gasteiger partial charge in [0, 0.05) is 11.4 Å². The van der Waals surface area contributed by atoms with Crippen molar-refractivity contribution in [3.05, 3.63) is 58.9 Å². The quantitative estimate of drug-likeness (QED) is 0.914. The lowest BCUT2D eigenvalue weighted by molar-refractivity contribution is 0.340. The molecule has 1 aromatic heterocycles. The van der Waals surface area contributed by atoms with Gasteiger partial charge in [0.2, 0.25) is 0 Å². The molecule has 3 nitrogen and oxygen atoms in total. The molecule has 0 radical (unpaired) electrons. The molecule has 0 amide bonds. The number of nitrogens with zero attached hydrogens (tertiary/aromatic N) is 1. The molecule has 0 aliphatic carbocycles. The predicted octanol–water partition coefficient (Wildman–Crippen LogP) is 3.15. The van der Waals surface area contributed by atoms with E-state index in [9.17, 15) is 0 Å². The van der Waals surface area contributed by atoms with Crippen molar-refractivity contribution < 1.29 is 4.74 Å². The molecular weight excluding hydrogens is 236 g/mol. The van der Waals surface area contributed by atoms with Crippen LogP contribution in [0.1, 0.15) is 35.5 Å². The molecule has 0 aliphatic heterocycles. The summed E-state index contributed by atoms with van der Waals surface area (Å²) >= 11 is 0. The van der Waals surface area contributed by atoms with E-state index >= 15 is 0 Å². The van der Waals surface area contributed by atoms with Crippen LogP contribution in [0.3, 0.4) is 0 Å². The Bertz CT molecular complexity index is 566. The van der Waals surface area contributed by atoms with E-state index in [1.807, 2.05) is 51.1 Å².